The van der Waals surface area contributed by atoms with Crippen molar-refractivity contribution in [2.75, 3.05) is 20.1 Å². The van der Waals surface area contributed by atoms with Crippen LogP contribution >= 0.6 is 0 Å². The van der Waals surface area contributed by atoms with E-state index in [1.807, 2.05) is 6.92 Å². The van der Waals surface area contributed by atoms with Gasteiger partial charge in [0, 0.05) is 6.42 Å². The van der Waals surface area contributed by atoms with Crippen molar-refractivity contribution in [1.29, 1.82) is 0 Å². The Labute approximate surface area is 167 Å². The summed E-state index contributed by atoms with van der Waals surface area (Å²) >= 11 is 0. The summed E-state index contributed by atoms with van der Waals surface area (Å²) in [6.07, 6.45) is 17.5. The van der Waals surface area contributed by atoms with Crippen LogP contribution in [0.15, 0.2) is 0 Å². The van der Waals surface area contributed by atoms with Gasteiger partial charge in [0.15, 0.2) is 0 Å². The quantitative estimate of drug-likeness (QED) is 0.335. The number of hydrogen-bond donors (Lipinski definition) is 2. The molecule has 0 heterocycles. The van der Waals surface area contributed by atoms with Crippen LogP contribution in [0.25, 0.3) is 0 Å². The molecule has 0 spiro atoms. The predicted molar refractivity (Wildman–Crippen MR) is 110 cm³/mol. The number of unbranched alkanes of at least 4 members (excludes halogenated alkanes) is 12. The van der Waals surface area contributed by atoms with Gasteiger partial charge < -0.3 is 20.1 Å². The zero-order chi connectivity index (χ0) is 20.3. The second-order valence-electron chi connectivity index (χ2n) is 8.17. The standard InChI is InChI=1S/C22H44N2O3/c1-4-5-6-7-8-9-10-11-12-13-14-15-16-17-21(25)23-20(2)18-24(3)19-22(26)27/h20H,4-19H2,1-3H3,(H,23,25)(H,26,27). The third-order valence-corrected chi connectivity index (χ3v) is 5.02. The molecule has 0 aliphatic heterocycles. The molecule has 0 aromatic rings. The highest BCUT2D eigenvalue weighted by atomic mass is 16.4. The number of rotatable bonds is 19. The predicted octanol–water partition coefficient (Wildman–Crippen LogP) is 2.24. The zero-order valence-electron chi connectivity index (χ0n) is 18.1. The highest BCUT2D eigenvalue weighted by Gasteiger charge is 2.12. The van der Waals surface area contributed by atoms with Crippen LogP contribution in [0.4, 0.5) is 0 Å². The molecular formula is C22H44N2O3. The molecule has 0 saturated heterocycles. The molecule has 0 aromatic carbocycles. The van der Waals surface area contributed by atoms with Crippen molar-refractivity contribution in [2.45, 2.75) is 110 Å². The lowest BCUT2D eigenvalue weighted by molar-refractivity contribution is -0.874. The average molecular weight is 385 g/mol. The molecule has 2 unspecified atom stereocenters. The summed E-state index contributed by atoms with van der Waals surface area (Å²) in [5.41, 5.74) is 0. The number of likely N-dealkylation sites (N-methyl/N-ethyl adjacent to an activating group) is 1. The van der Waals surface area contributed by atoms with E-state index in [9.17, 15) is 14.7 Å². The molecule has 0 aliphatic carbocycles. The lowest BCUT2D eigenvalue weighted by Crippen LogP contribution is -3.11. The van der Waals surface area contributed by atoms with Gasteiger partial charge in [0.25, 0.3) is 0 Å². The minimum atomic E-state index is -1.06. The van der Waals surface area contributed by atoms with Crippen LogP contribution in [-0.2, 0) is 9.59 Å². The molecule has 0 aliphatic rings. The van der Waals surface area contributed by atoms with Crippen molar-refractivity contribution in [3.8, 4) is 0 Å². The van der Waals surface area contributed by atoms with Gasteiger partial charge in [0.2, 0.25) is 5.91 Å². The van der Waals surface area contributed by atoms with E-state index >= 15 is 0 Å². The number of carbonyl (C=O) groups is 2. The Morgan fingerprint density at radius 2 is 1.30 bits per heavy atom. The third kappa shape index (κ3) is 19.5. The molecule has 2 N–H and O–H groups in total. The number of nitrogens with one attached hydrogen (secondary N) is 2. The van der Waals surface area contributed by atoms with Crippen LogP contribution in [0.1, 0.15) is 104 Å². The molecule has 1 amide bonds. The third-order valence-electron chi connectivity index (χ3n) is 5.02. The number of hydrogen-bond acceptors (Lipinski definition) is 3. The van der Waals surface area contributed by atoms with E-state index in [1.165, 1.54) is 70.6 Å². The van der Waals surface area contributed by atoms with Crippen LogP contribution in [0.5, 0.6) is 0 Å². The summed E-state index contributed by atoms with van der Waals surface area (Å²) in [5.74, 6) is -0.982. The highest BCUT2D eigenvalue weighted by molar-refractivity contribution is 5.76. The van der Waals surface area contributed by atoms with E-state index in [0.717, 1.165) is 17.7 Å². The van der Waals surface area contributed by atoms with Gasteiger partial charge in [-0.25, -0.2) is 0 Å². The summed E-state index contributed by atoms with van der Waals surface area (Å²) < 4.78 is 0. The zero-order valence-corrected chi connectivity index (χ0v) is 18.1. The minimum Gasteiger partial charge on any atom is -0.544 e. The molecular weight excluding hydrogens is 340 g/mol. The number of carboxylic acid groups (broad SMARTS) is 1. The second kappa shape index (κ2) is 18.3. The van der Waals surface area contributed by atoms with Gasteiger partial charge in [-0.1, -0.05) is 84.0 Å². The maximum Gasteiger partial charge on any atom is 0.220 e. The molecule has 2 atom stereocenters. The fourth-order valence-corrected chi connectivity index (χ4v) is 3.54. The first-order valence-corrected chi connectivity index (χ1v) is 11.3. The fourth-order valence-electron chi connectivity index (χ4n) is 3.54. The summed E-state index contributed by atoms with van der Waals surface area (Å²) in [6, 6.07) is -0.0150. The van der Waals surface area contributed by atoms with E-state index in [4.69, 9.17) is 0 Å². The summed E-state index contributed by atoms with van der Waals surface area (Å²) in [5, 5.41) is 13.5. The maximum absolute atomic E-state index is 11.9. The number of aliphatic carboxylic acids is 1. The molecule has 5 nitrogen and oxygen atoms in total. The van der Waals surface area contributed by atoms with Gasteiger partial charge in [0.1, 0.15) is 6.54 Å². The van der Waals surface area contributed by atoms with Crippen molar-refractivity contribution in [3.05, 3.63) is 0 Å². The molecule has 160 valence electrons. The van der Waals surface area contributed by atoms with Gasteiger partial charge in [-0.3, -0.25) is 4.79 Å². The first-order valence-electron chi connectivity index (χ1n) is 11.3. The Kier molecular flexibility index (Phi) is 17.5. The van der Waals surface area contributed by atoms with Crippen LogP contribution in [0.2, 0.25) is 0 Å². The van der Waals surface area contributed by atoms with Crippen molar-refractivity contribution in [1.82, 2.24) is 5.32 Å². The molecule has 0 fully saturated rings. The number of amides is 1. The number of carboxylic acids is 1. The van der Waals surface area contributed by atoms with Crippen molar-refractivity contribution >= 4 is 11.9 Å². The SMILES string of the molecule is CCCCCCCCCCCCCCCC(=O)NC(C)C[NH+](C)CC(=O)[O-]. The smallest absolute Gasteiger partial charge is 0.220 e. The van der Waals surface area contributed by atoms with Gasteiger partial charge in [-0.15, -0.1) is 0 Å². The lowest BCUT2D eigenvalue weighted by atomic mass is 10.0. The second-order valence-corrected chi connectivity index (χ2v) is 8.17. The topological polar surface area (TPSA) is 73.7 Å². The normalized spacial score (nSPS) is 13.3. The minimum absolute atomic E-state index is 0.0150. The number of quaternary nitrogens is 1. The van der Waals surface area contributed by atoms with E-state index in [0.29, 0.717) is 13.0 Å². The Bertz CT molecular complexity index is 375. The average Bonchev–Trinajstić information content (AvgIpc) is 2.57. The van der Waals surface area contributed by atoms with Gasteiger partial charge in [-0.2, -0.15) is 0 Å². The monoisotopic (exact) mass is 384 g/mol. The lowest BCUT2D eigenvalue weighted by Gasteiger charge is -2.20. The molecule has 5 heteroatoms. The van der Waals surface area contributed by atoms with Gasteiger partial charge >= 0.3 is 0 Å². The van der Waals surface area contributed by atoms with Gasteiger partial charge in [0.05, 0.1) is 25.6 Å². The molecule has 0 radical (unpaired) electrons. The van der Waals surface area contributed by atoms with Crippen LogP contribution in [0, 0.1) is 0 Å². The summed E-state index contributed by atoms with van der Waals surface area (Å²) in [6.45, 7) is 4.74. The number of carbonyl (C=O) groups excluding carboxylic acids is 2. The Morgan fingerprint density at radius 1 is 0.852 bits per heavy atom. The molecule has 0 bridgehead atoms. The van der Waals surface area contributed by atoms with Crippen LogP contribution in [-0.4, -0.2) is 38.1 Å². The summed E-state index contributed by atoms with van der Waals surface area (Å²) in [4.78, 5) is 23.3. The van der Waals surface area contributed by atoms with Crippen LogP contribution in [0.3, 0.4) is 0 Å². The van der Waals surface area contributed by atoms with E-state index in [2.05, 4.69) is 12.2 Å². The first-order chi connectivity index (χ1) is 13.0. The highest BCUT2D eigenvalue weighted by Crippen LogP contribution is 2.12. The Hall–Kier alpha value is -1.10. The van der Waals surface area contributed by atoms with E-state index in [-0.39, 0.29) is 18.5 Å². The molecule has 0 aromatic heterocycles. The summed E-state index contributed by atoms with van der Waals surface area (Å²) in [7, 11) is 1.80. The fraction of sp³-hybridized carbons (Fsp3) is 0.909. The maximum atomic E-state index is 11.9. The molecule has 0 rings (SSSR count). The van der Waals surface area contributed by atoms with Crippen molar-refractivity contribution in [3.63, 3.8) is 0 Å². The molecule has 27 heavy (non-hydrogen) atoms. The van der Waals surface area contributed by atoms with E-state index in [1.54, 1.807) is 7.05 Å². The van der Waals surface area contributed by atoms with Gasteiger partial charge in [-0.05, 0) is 13.3 Å². The Morgan fingerprint density at radius 3 is 1.74 bits per heavy atom. The molecule has 0 saturated carbocycles. The van der Waals surface area contributed by atoms with E-state index < -0.39 is 5.97 Å². The van der Waals surface area contributed by atoms with Crippen molar-refractivity contribution in [2.24, 2.45) is 0 Å². The first kappa shape index (κ1) is 25.9. The van der Waals surface area contributed by atoms with Crippen LogP contribution < -0.4 is 15.3 Å². The van der Waals surface area contributed by atoms with Crippen molar-refractivity contribution < 1.29 is 19.6 Å². The largest absolute Gasteiger partial charge is 0.544 e. The Balaban J connectivity index is 3.39.